The number of hydrogen-bond donors (Lipinski definition) is 1. The van der Waals surface area contributed by atoms with Gasteiger partial charge in [-0.15, -0.1) is 0 Å². The number of β-lactam (4-membered cyclic amide) rings is 1. The third-order valence-corrected chi connectivity index (χ3v) is 8.34. The molecule has 2 aliphatic heterocycles. The van der Waals surface area contributed by atoms with Crippen LogP contribution in [0.25, 0.3) is 0 Å². The second-order valence-electron chi connectivity index (χ2n) is 7.39. The molecule has 3 heterocycles. The summed E-state index contributed by atoms with van der Waals surface area (Å²) >= 11 is 0. The van der Waals surface area contributed by atoms with Gasteiger partial charge in [0.1, 0.15) is 16.7 Å². The van der Waals surface area contributed by atoms with Crippen molar-refractivity contribution in [1.82, 2.24) is 20.3 Å². The Bertz CT molecular complexity index is 1120. The van der Waals surface area contributed by atoms with E-state index >= 15 is 0 Å². The minimum atomic E-state index is -3.88. The number of H-pyrrole nitrogens is 1. The molecule has 3 atom stereocenters. The van der Waals surface area contributed by atoms with Gasteiger partial charge in [-0.2, -0.15) is 15.4 Å². The molecule has 2 aromatic rings. The van der Waals surface area contributed by atoms with Crippen molar-refractivity contribution in [3.8, 4) is 0 Å². The Hall–Kier alpha value is -3.35. The van der Waals surface area contributed by atoms with Crippen LogP contribution in [0, 0.1) is 10.1 Å². The zero-order chi connectivity index (χ0) is 21.7. The average Bonchev–Trinajstić information content (AvgIpc) is 3.24. The first-order valence-electron chi connectivity index (χ1n) is 8.94. The van der Waals surface area contributed by atoms with E-state index in [4.69, 9.17) is 4.74 Å². The molecule has 1 N–H and O–H groups in total. The van der Waals surface area contributed by atoms with E-state index < -0.39 is 42.8 Å². The lowest BCUT2D eigenvalue weighted by Gasteiger charge is -2.36. The van der Waals surface area contributed by atoms with Gasteiger partial charge in [0.15, 0.2) is 15.9 Å². The molecule has 1 amide bonds. The number of benzene rings is 1. The maximum atomic E-state index is 13.1. The maximum absolute atomic E-state index is 13.1. The van der Waals surface area contributed by atoms with Crippen LogP contribution in [0.2, 0.25) is 0 Å². The fraction of sp³-hybridized carbons (Fsp3) is 0.412. The minimum absolute atomic E-state index is 0.110. The molecular weight excluding hydrogens is 418 g/mol. The van der Waals surface area contributed by atoms with E-state index in [-0.39, 0.29) is 25.1 Å². The molecule has 2 unspecified atom stereocenters. The molecule has 2 fully saturated rings. The third kappa shape index (κ3) is 2.93. The van der Waals surface area contributed by atoms with Crippen molar-refractivity contribution in [2.45, 2.75) is 42.5 Å². The first kappa shape index (κ1) is 19.9. The van der Waals surface area contributed by atoms with Gasteiger partial charge < -0.3 is 9.64 Å². The van der Waals surface area contributed by atoms with Gasteiger partial charge in [0.2, 0.25) is 5.91 Å². The van der Waals surface area contributed by atoms with Crippen molar-refractivity contribution in [2.24, 2.45) is 0 Å². The molecule has 1 aromatic carbocycles. The van der Waals surface area contributed by atoms with E-state index in [0.717, 1.165) is 4.90 Å². The molecule has 13 heteroatoms. The molecular formula is C17H17N5O7S. The normalized spacial score (nSPS) is 26.7. The monoisotopic (exact) mass is 435 g/mol. The zero-order valence-electron chi connectivity index (χ0n) is 15.7. The van der Waals surface area contributed by atoms with Gasteiger partial charge in [-0.3, -0.25) is 14.9 Å². The van der Waals surface area contributed by atoms with Gasteiger partial charge in [-0.1, -0.05) is 0 Å². The second-order valence-corrected chi connectivity index (χ2v) is 9.96. The number of non-ortho nitro benzene ring substituents is 1. The number of aromatic amines is 1. The SMILES string of the molecule is CC1(Cc2cn[nH]n2)C(C(=O)OCc2ccc([N+](=O)[O-])cc2)N2C(=O)C[C@H]2S1(=O)=O. The van der Waals surface area contributed by atoms with Gasteiger partial charge in [-0.05, 0) is 24.6 Å². The van der Waals surface area contributed by atoms with Gasteiger partial charge in [0.25, 0.3) is 5.69 Å². The number of ether oxygens (including phenoxy) is 1. The van der Waals surface area contributed by atoms with E-state index in [9.17, 15) is 28.1 Å². The Balaban J connectivity index is 1.58. The quantitative estimate of drug-likeness (QED) is 0.287. The summed E-state index contributed by atoms with van der Waals surface area (Å²) in [5, 5.41) is 19.6. The number of hydrogen-bond acceptors (Lipinski definition) is 9. The van der Waals surface area contributed by atoms with Crippen LogP contribution in [0.3, 0.4) is 0 Å². The highest BCUT2D eigenvalue weighted by atomic mass is 32.2. The van der Waals surface area contributed by atoms with Crippen molar-refractivity contribution in [3.05, 3.63) is 51.8 Å². The van der Waals surface area contributed by atoms with Crippen LogP contribution in [-0.2, 0) is 37.2 Å². The number of nitrogens with zero attached hydrogens (tertiary/aromatic N) is 4. The number of sulfone groups is 1. The van der Waals surface area contributed by atoms with Crippen LogP contribution in [0.1, 0.15) is 24.6 Å². The number of nitro benzene ring substituents is 1. The van der Waals surface area contributed by atoms with Crippen molar-refractivity contribution < 1.29 is 27.7 Å². The summed E-state index contributed by atoms with van der Waals surface area (Å²) in [7, 11) is -3.88. The molecule has 30 heavy (non-hydrogen) atoms. The number of aromatic nitrogens is 3. The Morgan fingerprint density at radius 3 is 2.67 bits per heavy atom. The van der Waals surface area contributed by atoms with Crippen LogP contribution in [0.15, 0.2) is 30.5 Å². The lowest BCUT2D eigenvalue weighted by Crippen LogP contribution is -2.58. The van der Waals surface area contributed by atoms with Crippen LogP contribution >= 0.6 is 0 Å². The first-order valence-corrected chi connectivity index (χ1v) is 10.5. The molecule has 158 valence electrons. The number of carbonyl (C=O) groups is 2. The van der Waals surface area contributed by atoms with E-state index in [1.54, 1.807) is 0 Å². The van der Waals surface area contributed by atoms with Gasteiger partial charge in [0, 0.05) is 18.6 Å². The van der Waals surface area contributed by atoms with Crippen molar-refractivity contribution >= 4 is 27.4 Å². The maximum Gasteiger partial charge on any atom is 0.330 e. The topological polar surface area (TPSA) is 165 Å². The first-order chi connectivity index (χ1) is 14.1. The average molecular weight is 435 g/mol. The van der Waals surface area contributed by atoms with Crippen molar-refractivity contribution in [3.63, 3.8) is 0 Å². The number of rotatable bonds is 6. The summed E-state index contributed by atoms with van der Waals surface area (Å²) in [4.78, 5) is 36.3. The fourth-order valence-electron chi connectivity index (χ4n) is 3.91. The Morgan fingerprint density at radius 2 is 2.10 bits per heavy atom. The summed E-state index contributed by atoms with van der Waals surface area (Å²) in [5.41, 5.74) is 0.713. The molecule has 0 aliphatic carbocycles. The largest absolute Gasteiger partial charge is 0.459 e. The summed E-state index contributed by atoms with van der Waals surface area (Å²) < 4.78 is 29.9. The van der Waals surface area contributed by atoms with Crippen LogP contribution in [0.5, 0.6) is 0 Å². The van der Waals surface area contributed by atoms with E-state index in [0.29, 0.717) is 11.3 Å². The van der Waals surface area contributed by atoms with Crippen LogP contribution in [-0.4, -0.2) is 61.7 Å². The second kappa shape index (κ2) is 6.86. The molecule has 2 aliphatic rings. The summed E-state index contributed by atoms with van der Waals surface area (Å²) in [6.07, 6.45) is 1.06. The Kier molecular flexibility index (Phi) is 4.56. The highest BCUT2D eigenvalue weighted by Crippen LogP contribution is 2.47. The molecule has 0 radical (unpaired) electrons. The Morgan fingerprint density at radius 1 is 1.40 bits per heavy atom. The highest BCUT2D eigenvalue weighted by Gasteiger charge is 2.70. The van der Waals surface area contributed by atoms with Gasteiger partial charge in [0.05, 0.1) is 23.2 Å². The molecule has 0 bridgehead atoms. The summed E-state index contributed by atoms with van der Waals surface area (Å²) in [5.74, 6) is -1.30. The molecule has 1 aromatic heterocycles. The lowest BCUT2D eigenvalue weighted by molar-refractivity contribution is -0.384. The van der Waals surface area contributed by atoms with E-state index in [1.165, 1.54) is 37.4 Å². The van der Waals surface area contributed by atoms with Gasteiger partial charge in [-0.25, -0.2) is 13.2 Å². The highest BCUT2D eigenvalue weighted by molar-refractivity contribution is 7.93. The lowest BCUT2D eigenvalue weighted by atomic mass is 9.92. The predicted octanol–water partition coefficient (Wildman–Crippen LogP) is 0.113. The van der Waals surface area contributed by atoms with Crippen molar-refractivity contribution in [1.29, 1.82) is 0 Å². The Labute approximate surface area is 170 Å². The van der Waals surface area contributed by atoms with Crippen LogP contribution < -0.4 is 0 Å². The number of esters is 1. The van der Waals surface area contributed by atoms with E-state index in [1.807, 2.05) is 0 Å². The van der Waals surface area contributed by atoms with E-state index in [2.05, 4.69) is 15.4 Å². The molecule has 12 nitrogen and oxygen atoms in total. The van der Waals surface area contributed by atoms with Crippen LogP contribution in [0.4, 0.5) is 5.69 Å². The van der Waals surface area contributed by atoms with Gasteiger partial charge >= 0.3 is 5.97 Å². The zero-order valence-corrected chi connectivity index (χ0v) is 16.5. The third-order valence-electron chi connectivity index (χ3n) is 5.56. The predicted molar refractivity (Wildman–Crippen MR) is 99.3 cm³/mol. The summed E-state index contributed by atoms with van der Waals surface area (Å²) in [6, 6.07) is 4.08. The molecule has 2 saturated heterocycles. The molecule has 0 spiro atoms. The molecule has 0 saturated carbocycles. The fourth-order valence-corrected chi connectivity index (χ4v) is 6.30. The number of nitrogens with one attached hydrogen (secondary N) is 1. The number of carbonyl (C=O) groups excluding carboxylic acids is 2. The molecule has 4 rings (SSSR count). The smallest absolute Gasteiger partial charge is 0.330 e. The summed E-state index contributed by atoms with van der Waals surface area (Å²) in [6.45, 7) is 1.18. The number of nitro groups is 1. The standard InChI is InChI=1S/C17H17N5O7S/c1-17(7-11-8-18-20-19-11)15(21-13(23)6-14(21)30(17,27)28)16(24)29-9-10-2-4-12(5-3-10)22(25)26/h2-5,8,14-15H,6-7,9H2,1H3,(H,18,19,20)/t14-,15?,17?/m1/s1. The number of fused-ring (bicyclic) bond motifs is 1. The van der Waals surface area contributed by atoms with Crippen molar-refractivity contribution in [2.75, 3.05) is 0 Å². The number of amides is 1. The minimum Gasteiger partial charge on any atom is -0.459 e.